The molecule has 0 radical (unpaired) electrons. The maximum absolute atomic E-state index is 13.5. The third-order valence-corrected chi connectivity index (χ3v) is 7.19. The summed E-state index contributed by atoms with van der Waals surface area (Å²) < 4.78 is 16.8. The molecule has 1 aliphatic carbocycles. The van der Waals surface area contributed by atoms with Gasteiger partial charge in [0.2, 0.25) is 5.88 Å². The van der Waals surface area contributed by atoms with Crippen LogP contribution >= 0.6 is 0 Å². The molecular formula is C36H46N6O6. The van der Waals surface area contributed by atoms with E-state index >= 15 is 0 Å². The minimum atomic E-state index is -0.670. The number of hydrogen-bond donors (Lipinski definition) is 3. The lowest BCUT2D eigenvalue weighted by atomic mass is 10.0. The van der Waals surface area contributed by atoms with Crippen LogP contribution in [0.25, 0.3) is 0 Å². The molecule has 256 valence electrons. The number of carbonyl (C=O) groups excluding carboxylic acids is 3. The molecule has 4 amide bonds. The molecule has 0 fully saturated rings. The number of pyridine rings is 1. The molecular weight excluding hydrogens is 612 g/mol. The van der Waals surface area contributed by atoms with Crippen molar-refractivity contribution in [1.82, 2.24) is 20.1 Å². The Morgan fingerprint density at radius 3 is 2.35 bits per heavy atom. The molecule has 12 nitrogen and oxygen atoms in total. The lowest BCUT2D eigenvalue weighted by Gasteiger charge is -2.25. The van der Waals surface area contributed by atoms with Gasteiger partial charge in [-0.1, -0.05) is 42.8 Å². The van der Waals surface area contributed by atoms with Crippen LogP contribution in [0, 0.1) is 0 Å². The average molecular weight is 659 g/mol. The van der Waals surface area contributed by atoms with Gasteiger partial charge in [0.1, 0.15) is 17.6 Å². The van der Waals surface area contributed by atoms with Gasteiger partial charge in [0.05, 0.1) is 11.4 Å². The summed E-state index contributed by atoms with van der Waals surface area (Å²) in [6.45, 7) is 7.06. The van der Waals surface area contributed by atoms with Gasteiger partial charge < -0.3 is 29.3 Å². The van der Waals surface area contributed by atoms with E-state index in [9.17, 15) is 14.4 Å². The van der Waals surface area contributed by atoms with Gasteiger partial charge in [-0.05, 0) is 96.4 Å². The number of nitrogens with one attached hydrogen (secondary N) is 3. The van der Waals surface area contributed by atoms with Crippen LogP contribution in [-0.2, 0) is 20.8 Å². The topological polar surface area (TPSA) is 134 Å². The fraction of sp³-hybridized carbons (Fsp3) is 0.389. The van der Waals surface area contributed by atoms with Crippen molar-refractivity contribution < 1.29 is 28.6 Å². The Hall–Kier alpha value is -5.10. The van der Waals surface area contributed by atoms with E-state index in [0.717, 1.165) is 49.8 Å². The van der Waals surface area contributed by atoms with Crippen molar-refractivity contribution in [2.45, 2.75) is 65.0 Å². The van der Waals surface area contributed by atoms with Crippen LogP contribution in [0.15, 0.2) is 90.6 Å². The molecule has 3 N–H and O–H groups in total. The molecule has 0 saturated carbocycles. The third kappa shape index (κ3) is 11.6. The van der Waals surface area contributed by atoms with Crippen LogP contribution < -0.4 is 16.0 Å². The van der Waals surface area contributed by atoms with Crippen molar-refractivity contribution in [3.63, 3.8) is 0 Å². The summed E-state index contributed by atoms with van der Waals surface area (Å²) >= 11 is 0. The van der Waals surface area contributed by atoms with E-state index in [2.05, 4.69) is 31.9 Å². The minimum Gasteiger partial charge on any atom is -0.463 e. The normalized spacial score (nSPS) is 14.1. The van der Waals surface area contributed by atoms with Crippen LogP contribution in [0.1, 0.15) is 68.9 Å². The Labute approximate surface area is 282 Å². The summed E-state index contributed by atoms with van der Waals surface area (Å²) in [7, 11) is 4.08. The van der Waals surface area contributed by atoms with E-state index < -0.39 is 17.6 Å². The fourth-order valence-electron chi connectivity index (χ4n) is 4.85. The molecule has 0 bridgehead atoms. The molecule has 0 spiro atoms. The largest absolute Gasteiger partial charge is 0.463 e. The number of nitrogens with zero attached hydrogens (tertiary/aromatic N) is 3. The quantitative estimate of drug-likeness (QED) is 0.198. The summed E-state index contributed by atoms with van der Waals surface area (Å²) in [6.07, 6.45) is 14.4. The van der Waals surface area contributed by atoms with E-state index in [1.54, 1.807) is 68.3 Å². The number of allylic oxidation sites excluding steroid dienone is 4. The molecule has 0 unspecified atom stereocenters. The van der Waals surface area contributed by atoms with Crippen LogP contribution in [0.4, 0.5) is 21.0 Å². The van der Waals surface area contributed by atoms with Gasteiger partial charge in [0.25, 0.3) is 5.91 Å². The van der Waals surface area contributed by atoms with Crippen molar-refractivity contribution in [2.75, 3.05) is 37.8 Å². The Bertz CT molecular complexity index is 1560. The van der Waals surface area contributed by atoms with Crippen LogP contribution in [0.3, 0.4) is 0 Å². The number of benzene rings is 1. The second-order valence-electron chi connectivity index (χ2n) is 12.8. The Balaban J connectivity index is 1.39. The first-order valence-corrected chi connectivity index (χ1v) is 16.1. The smallest absolute Gasteiger partial charge is 0.412 e. The summed E-state index contributed by atoms with van der Waals surface area (Å²) in [6, 6.07) is 9.85. The van der Waals surface area contributed by atoms with Crippen LogP contribution in [0.2, 0.25) is 0 Å². The molecule has 1 aliphatic heterocycles. The Morgan fingerprint density at radius 1 is 0.938 bits per heavy atom. The van der Waals surface area contributed by atoms with Gasteiger partial charge in [-0.2, -0.15) is 0 Å². The van der Waals surface area contributed by atoms with E-state index in [0.29, 0.717) is 23.7 Å². The van der Waals surface area contributed by atoms with Crippen LogP contribution in [-0.4, -0.2) is 65.6 Å². The number of hydrogen-bond acceptors (Lipinski definition) is 8. The number of urea groups is 1. The molecule has 2 aliphatic rings. The van der Waals surface area contributed by atoms with Gasteiger partial charge in [0, 0.05) is 19.3 Å². The zero-order valence-corrected chi connectivity index (χ0v) is 28.4. The molecule has 0 saturated heterocycles. The summed E-state index contributed by atoms with van der Waals surface area (Å²) in [5, 5.41) is 8.31. The highest BCUT2D eigenvalue weighted by molar-refractivity contribution is 6.05. The van der Waals surface area contributed by atoms with E-state index in [-0.39, 0.29) is 24.2 Å². The highest BCUT2D eigenvalue weighted by Crippen LogP contribution is 2.26. The van der Waals surface area contributed by atoms with Crippen molar-refractivity contribution in [2.24, 2.45) is 0 Å². The average Bonchev–Trinajstić information content (AvgIpc) is 3.04. The first-order valence-electron chi connectivity index (χ1n) is 16.1. The zero-order valence-electron chi connectivity index (χ0n) is 28.4. The number of unbranched alkanes of at least 4 members (excludes halogenated alkanes) is 2. The molecule has 2 heterocycles. The van der Waals surface area contributed by atoms with Gasteiger partial charge in [0.15, 0.2) is 12.0 Å². The Kier molecular flexibility index (Phi) is 12.8. The maximum Gasteiger partial charge on any atom is 0.412 e. The van der Waals surface area contributed by atoms with Crippen molar-refractivity contribution in [3.05, 3.63) is 102 Å². The summed E-state index contributed by atoms with van der Waals surface area (Å²) in [5.41, 5.74) is 2.03. The van der Waals surface area contributed by atoms with Crippen molar-refractivity contribution in [3.8, 4) is 0 Å². The number of amides is 4. The van der Waals surface area contributed by atoms with Crippen molar-refractivity contribution in [1.29, 1.82) is 0 Å². The zero-order chi connectivity index (χ0) is 34.5. The molecule has 0 atom stereocenters. The lowest BCUT2D eigenvalue weighted by Crippen LogP contribution is -2.40. The predicted molar refractivity (Wildman–Crippen MR) is 185 cm³/mol. The maximum atomic E-state index is 13.5. The standard InChI is InChI=1S/C36H46N6O6/c1-36(2,3)48-35(45)39-29-17-11-10-16-28(29)38-33(43)30-19-18-26(22-37-30)23-42(21-13-7-12-20-41(4)5)34(44)40-32-25-46-24-31(47-32)27-14-8-6-9-15-27/h6,8,10-11,14,16-19,22,24-25H,7,9,12-13,15,20-21,23H2,1-5H3,(H,38,43)(H,39,45)(H,40,44). The lowest BCUT2D eigenvalue weighted by molar-refractivity contribution is 0.0635. The van der Waals surface area contributed by atoms with Gasteiger partial charge in [-0.25, -0.2) is 9.59 Å². The second-order valence-corrected chi connectivity index (χ2v) is 12.8. The van der Waals surface area contributed by atoms with Crippen molar-refractivity contribution >= 4 is 29.4 Å². The number of ether oxygens (including phenoxy) is 3. The highest BCUT2D eigenvalue weighted by atomic mass is 16.6. The third-order valence-electron chi connectivity index (χ3n) is 7.19. The number of anilines is 2. The van der Waals surface area contributed by atoms with E-state index in [4.69, 9.17) is 14.2 Å². The molecule has 2 aromatic rings. The first-order chi connectivity index (χ1) is 23.0. The monoisotopic (exact) mass is 658 g/mol. The van der Waals surface area contributed by atoms with Crippen LogP contribution in [0.5, 0.6) is 0 Å². The van der Waals surface area contributed by atoms with Gasteiger partial charge in [-0.3, -0.25) is 20.4 Å². The second kappa shape index (κ2) is 17.2. The molecule has 48 heavy (non-hydrogen) atoms. The number of para-hydroxylation sites is 2. The van der Waals surface area contributed by atoms with E-state index in [1.807, 2.05) is 26.2 Å². The Morgan fingerprint density at radius 2 is 1.69 bits per heavy atom. The molecule has 1 aromatic carbocycles. The SMILES string of the molecule is CN(C)CCCCCN(Cc1ccc(C(=O)Nc2ccccc2NC(=O)OC(C)(C)C)nc1)C(=O)NC1=COC=C(C2=CC=CCC2)O1. The fourth-order valence-corrected chi connectivity index (χ4v) is 4.85. The molecule has 4 rings (SSSR count). The number of rotatable bonds is 13. The number of aromatic nitrogens is 1. The number of carbonyl (C=O) groups is 3. The highest BCUT2D eigenvalue weighted by Gasteiger charge is 2.22. The first kappa shape index (κ1) is 35.7. The minimum absolute atomic E-state index is 0.176. The van der Waals surface area contributed by atoms with Gasteiger partial charge in [-0.15, -0.1) is 0 Å². The van der Waals surface area contributed by atoms with E-state index in [1.165, 1.54) is 12.5 Å². The molecule has 1 aromatic heterocycles. The van der Waals surface area contributed by atoms with Gasteiger partial charge >= 0.3 is 12.1 Å². The summed E-state index contributed by atoms with van der Waals surface area (Å²) in [5.74, 6) is 0.315. The molecule has 12 heteroatoms. The predicted octanol–water partition coefficient (Wildman–Crippen LogP) is 6.89. The summed E-state index contributed by atoms with van der Waals surface area (Å²) in [4.78, 5) is 47.1.